The molecule has 2 N–H and O–H groups in total. The van der Waals surface area contributed by atoms with Gasteiger partial charge >= 0.3 is 5.97 Å². The Morgan fingerprint density at radius 1 is 1.63 bits per heavy atom. The largest absolute Gasteiger partial charge is 0.481 e. The third-order valence-corrected chi connectivity index (χ3v) is 4.33. The molecule has 0 aliphatic heterocycles. The highest BCUT2D eigenvalue weighted by Gasteiger charge is 2.46. The summed E-state index contributed by atoms with van der Waals surface area (Å²) in [7, 11) is 1.72. The van der Waals surface area contributed by atoms with E-state index in [1.807, 2.05) is 0 Å². The molecular formula is C12H16BrN3O3. The van der Waals surface area contributed by atoms with Crippen molar-refractivity contribution < 1.29 is 14.7 Å². The number of rotatable bonds is 3. The maximum Gasteiger partial charge on any atom is 0.311 e. The first-order valence-electron chi connectivity index (χ1n) is 6.08. The third-order valence-electron chi connectivity index (χ3n) is 3.75. The van der Waals surface area contributed by atoms with Crippen LogP contribution >= 0.6 is 15.9 Å². The van der Waals surface area contributed by atoms with Gasteiger partial charge in [0.2, 0.25) is 0 Å². The standard InChI is InChI=1S/C12H16BrN3O3/c1-12(11(18)19)5-3-4-8(12)14-10(17)9-7(13)6-16(2)15-9/h6,8H,3-5H2,1-2H3,(H,14,17)(H,18,19). The Hall–Kier alpha value is -1.37. The zero-order chi connectivity index (χ0) is 14.2. The van der Waals surface area contributed by atoms with Crippen LogP contribution in [0.2, 0.25) is 0 Å². The molecule has 1 aromatic rings. The zero-order valence-corrected chi connectivity index (χ0v) is 12.4. The Morgan fingerprint density at radius 2 is 2.32 bits per heavy atom. The Kier molecular flexibility index (Phi) is 3.66. The highest BCUT2D eigenvalue weighted by atomic mass is 79.9. The summed E-state index contributed by atoms with van der Waals surface area (Å²) < 4.78 is 2.13. The highest BCUT2D eigenvalue weighted by Crippen LogP contribution is 2.38. The van der Waals surface area contributed by atoms with Crippen LogP contribution < -0.4 is 5.32 Å². The fourth-order valence-electron chi connectivity index (χ4n) is 2.49. The summed E-state index contributed by atoms with van der Waals surface area (Å²) in [5.41, 5.74) is -0.612. The summed E-state index contributed by atoms with van der Waals surface area (Å²) in [6.07, 6.45) is 3.74. The number of halogens is 1. The third kappa shape index (κ3) is 2.51. The first kappa shape index (κ1) is 14.0. The number of aliphatic carboxylic acids is 1. The molecule has 2 atom stereocenters. The molecule has 0 bridgehead atoms. The monoisotopic (exact) mass is 329 g/mol. The van der Waals surface area contributed by atoms with Gasteiger partial charge in [-0.25, -0.2) is 0 Å². The Balaban J connectivity index is 2.15. The van der Waals surface area contributed by atoms with E-state index in [0.717, 1.165) is 6.42 Å². The van der Waals surface area contributed by atoms with Crippen LogP contribution in [0.15, 0.2) is 10.7 Å². The lowest BCUT2D eigenvalue weighted by Gasteiger charge is -2.27. The lowest BCUT2D eigenvalue weighted by molar-refractivity contribution is -0.148. The van der Waals surface area contributed by atoms with Crippen molar-refractivity contribution >= 4 is 27.8 Å². The van der Waals surface area contributed by atoms with Crippen LogP contribution in [0.1, 0.15) is 36.7 Å². The van der Waals surface area contributed by atoms with Crippen LogP contribution in [0.3, 0.4) is 0 Å². The van der Waals surface area contributed by atoms with E-state index in [9.17, 15) is 14.7 Å². The molecular weight excluding hydrogens is 314 g/mol. The van der Waals surface area contributed by atoms with Crippen LogP contribution in [0.25, 0.3) is 0 Å². The number of amides is 1. The van der Waals surface area contributed by atoms with Gasteiger partial charge in [0.25, 0.3) is 5.91 Å². The van der Waals surface area contributed by atoms with E-state index in [1.54, 1.807) is 20.2 Å². The topological polar surface area (TPSA) is 84.2 Å². The number of carbonyl (C=O) groups is 2. The molecule has 1 aliphatic rings. The maximum absolute atomic E-state index is 12.1. The van der Waals surface area contributed by atoms with E-state index in [-0.39, 0.29) is 17.6 Å². The van der Waals surface area contributed by atoms with Crippen molar-refractivity contribution in [2.45, 2.75) is 32.2 Å². The minimum atomic E-state index is -0.892. The minimum Gasteiger partial charge on any atom is -0.481 e. The van der Waals surface area contributed by atoms with Crippen LogP contribution in [0.4, 0.5) is 0 Å². The molecule has 2 unspecified atom stereocenters. The maximum atomic E-state index is 12.1. The Morgan fingerprint density at radius 3 is 2.84 bits per heavy atom. The second-order valence-electron chi connectivity index (χ2n) is 5.14. The van der Waals surface area contributed by atoms with Crippen LogP contribution in [-0.2, 0) is 11.8 Å². The highest BCUT2D eigenvalue weighted by molar-refractivity contribution is 9.10. The number of aryl methyl sites for hydroxylation is 1. The molecule has 1 heterocycles. The van der Waals surface area contributed by atoms with E-state index >= 15 is 0 Å². The van der Waals surface area contributed by atoms with E-state index in [2.05, 4.69) is 26.3 Å². The SMILES string of the molecule is Cn1cc(Br)c(C(=O)NC2CCCC2(C)C(=O)O)n1. The number of nitrogens with zero attached hydrogens (tertiary/aromatic N) is 2. The van der Waals surface area contributed by atoms with Gasteiger partial charge < -0.3 is 10.4 Å². The molecule has 0 radical (unpaired) electrons. The van der Waals surface area contributed by atoms with Crippen molar-refractivity contribution in [2.24, 2.45) is 12.5 Å². The molecule has 7 heteroatoms. The van der Waals surface area contributed by atoms with Gasteiger partial charge in [0.05, 0.1) is 9.89 Å². The molecule has 0 saturated heterocycles. The smallest absolute Gasteiger partial charge is 0.311 e. The normalized spacial score (nSPS) is 26.4. The molecule has 104 valence electrons. The van der Waals surface area contributed by atoms with E-state index in [0.29, 0.717) is 17.3 Å². The quantitative estimate of drug-likeness (QED) is 0.881. The first-order valence-corrected chi connectivity index (χ1v) is 6.87. The lowest BCUT2D eigenvalue weighted by Crippen LogP contribution is -2.47. The summed E-state index contributed by atoms with van der Waals surface area (Å²) >= 11 is 3.26. The van der Waals surface area contributed by atoms with Gasteiger partial charge in [0.15, 0.2) is 5.69 Å². The van der Waals surface area contributed by atoms with Gasteiger partial charge in [-0.15, -0.1) is 0 Å². The Labute approximate surface area is 119 Å². The van der Waals surface area contributed by atoms with Crippen LogP contribution in [0, 0.1) is 5.41 Å². The van der Waals surface area contributed by atoms with Gasteiger partial charge in [-0.1, -0.05) is 6.42 Å². The van der Waals surface area contributed by atoms with Gasteiger partial charge in [-0.3, -0.25) is 14.3 Å². The molecule has 1 fully saturated rings. The fourth-order valence-corrected chi connectivity index (χ4v) is 3.05. The molecule has 1 amide bonds. The van der Waals surface area contributed by atoms with Crippen molar-refractivity contribution in [1.29, 1.82) is 0 Å². The average molecular weight is 330 g/mol. The number of carboxylic acid groups (broad SMARTS) is 1. The molecule has 6 nitrogen and oxygen atoms in total. The number of aromatic nitrogens is 2. The molecule has 0 aromatic carbocycles. The van der Waals surface area contributed by atoms with Crippen LogP contribution in [0.5, 0.6) is 0 Å². The molecule has 2 rings (SSSR count). The molecule has 1 aromatic heterocycles. The van der Waals surface area contributed by atoms with E-state index < -0.39 is 11.4 Å². The van der Waals surface area contributed by atoms with Crippen LogP contribution in [-0.4, -0.2) is 32.8 Å². The van der Waals surface area contributed by atoms with Gasteiger partial charge in [-0.05, 0) is 35.7 Å². The van der Waals surface area contributed by atoms with E-state index in [4.69, 9.17) is 0 Å². The number of carboxylic acids is 1. The van der Waals surface area contributed by atoms with Gasteiger partial charge in [0.1, 0.15) is 0 Å². The fraction of sp³-hybridized carbons (Fsp3) is 0.583. The second-order valence-corrected chi connectivity index (χ2v) is 5.99. The van der Waals surface area contributed by atoms with Crippen molar-refractivity contribution in [2.75, 3.05) is 0 Å². The first-order chi connectivity index (χ1) is 8.84. The summed E-state index contributed by atoms with van der Waals surface area (Å²) in [5.74, 6) is -1.21. The summed E-state index contributed by atoms with van der Waals surface area (Å²) in [6.45, 7) is 1.68. The summed E-state index contributed by atoms with van der Waals surface area (Å²) in [5, 5.41) is 16.2. The number of nitrogens with one attached hydrogen (secondary N) is 1. The van der Waals surface area contributed by atoms with Gasteiger partial charge in [-0.2, -0.15) is 5.10 Å². The van der Waals surface area contributed by atoms with Crippen molar-refractivity contribution in [3.8, 4) is 0 Å². The summed E-state index contributed by atoms with van der Waals surface area (Å²) in [6, 6.07) is -0.355. The molecule has 1 saturated carbocycles. The average Bonchev–Trinajstić information content (AvgIpc) is 2.84. The molecule has 1 aliphatic carbocycles. The number of hydrogen-bond acceptors (Lipinski definition) is 3. The molecule has 19 heavy (non-hydrogen) atoms. The predicted molar refractivity (Wildman–Crippen MR) is 71.8 cm³/mol. The minimum absolute atomic E-state index is 0.280. The second kappa shape index (κ2) is 4.96. The zero-order valence-electron chi connectivity index (χ0n) is 10.8. The van der Waals surface area contributed by atoms with Crippen molar-refractivity contribution in [3.05, 3.63) is 16.4 Å². The van der Waals surface area contributed by atoms with Gasteiger partial charge in [0, 0.05) is 19.3 Å². The summed E-state index contributed by atoms with van der Waals surface area (Å²) in [4.78, 5) is 23.5. The number of carbonyl (C=O) groups excluding carboxylic acids is 1. The van der Waals surface area contributed by atoms with Crippen molar-refractivity contribution in [1.82, 2.24) is 15.1 Å². The lowest BCUT2D eigenvalue weighted by atomic mass is 9.85. The van der Waals surface area contributed by atoms with Crippen molar-refractivity contribution in [3.63, 3.8) is 0 Å². The predicted octanol–water partition coefficient (Wildman–Crippen LogP) is 1.56. The van der Waals surface area contributed by atoms with E-state index in [1.165, 1.54) is 4.68 Å². The molecule has 0 spiro atoms. The number of hydrogen-bond donors (Lipinski definition) is 2. The Bertz CT molecular complexity index is 528.